The van der Waals surface area contributed by atoms with Crippen LogP contribution in [0.25, 0.3) is 11.6 Å². The topological polar surface area (TPSA) is 55.4 Å². The van der Waals surface area contributed by atoms with Gasteiger partial charge in [-0.05, 0) is 42.8 Å². The van der Waals surface area contributed by atoms with Crippen LogP contribution in [-0.4, -0.2) is 24.5 Å². The van der Waals surface area contributed by atoms with E-state index in [2.05, 4.69) is 5.32 Å². The van der Waals surface area contributed by atoms with E-state index in [0.717, 1.165) is 9.75 Å². The van der Waals surface area contributed by atoms with Crippen molar-refractivity contribution in [3.8, 4) is 0 Å². The largest absolute Gasteiger partial charge is 0.449 e. The summed E-state index contributed by atoms with van der Waals surface area (Å²) in [5.74, 6) is -0.785. The molecule has 1 atom stereocenters. The number of carbonyl (C=O) groups excluding carboxylic acids is 2. The molecule has 1 amide bonds. The van der Waals surface area contributed by atoms with Gasteiger partial charge in [-0.2, -0.15) is 0 Å². The normalized spacial score (nSPS) is 12.7. The molecule has 116 valence electrons. The Kier molecular flexibility index (Phi) is 5.91. The number of likely N-dealkylation sites (N-methyl/N-ethyl adjacent to an activating group) is 1. The van der Waals surface area contributed by atoms with E-state index >= 15 is 0 Å². The Hall–Kier alpha value is -1.92. The zero-order valence-electron chi connectivity index (χ0n) is 12.4. The Morgan fingerprint density at radius 3 is 2.59 bits per heavy atom. The van der Waals surface area contributed by atoms with Gasteiger partial charge >= 0.3 is 5.97 Å². The molecule has 0 aliphatic rings. The first-order valence-corrected chi connectivity index (χ1v) is 8.65. The van der Waals surface area contributed by atoms with Gasteiger partial charge in [0.2, 0.25) is 0 Å². The molecule has 22 heavy (non-hydrogen) atoms. The number of carbonyl (C=O) groups is 2. The van der Waals surface area contributed by atoms with Crippen LogP contribution in [0.5, 0.6) is 0 Å². The predicted octanol–water partition coefficient (Wildman–Crippen LogP) is 3.42. The molecule has 0 radical (unpaired) electrons. The standard InChI is InChI=1S/C16H17NO3S2/c1-3-17-15(18)11(2)20-16(19)13(14-7-5-9-22-14)10-12-6-4-8-21-12/h4-11H,3H2,1-2H3,(H,17,18)/b13-10+/t11-/m1/s1. The molecule has 0 saturated carbocycles. The third-order valence-corrected chi connectivity index (χ3v) is 4.56. The molecule has 2 rings (SSSR count). The van der Waals surface area contributed by atoms with Crippen LogP contribution in [-0.2, 0) is 14.3 Å². The minimum Gasteiger partial charge on any atom is -0.449 e. The summed E-state index contributed by atoms with van der Waals surface area (Å²) in [6.07, 6.45) is 0.975. The summed E-state index contributed by atoms with van der Waals surface area (Å²) >= 11 is 3.00. The van der Waals surface area contributed by atoms with Gasteiger partial charge in [0.15, 0.2) is 6.10 Å². The zero-order chi connectivity index (χ0) is 15.9. The number of hydrogen-bond donors (Lipinski definition) is 1. The summed E-state index contributed by atoms with van der Waals surface area (Å²) in [6, 6.07) is 7.59. The van der Waals surface area contributed by atoms with Gasteiger partial charge < -0.3 is 10.1 Å². The Morgan fingerprint density at radius 1 is 1.27 bits per heavy atom. The molecular formula is C16H17NO3S2. The molecule has 0 saturated heterocycles. The number of rotatable bonds is 6. The fourth-order valence-electron chi connectivity index (χ4n) is 1.77. The summed E-state index contributed by atoms with van der Waals surface area (Å²) in [5, 5.41) is 6.48. The fourth-order valence-corrected chi connectivity index (χ4v) is 3.16. The van der Waals surface area contributed by atoms with Crippen molar-refractivity contribution in [2.45, 2.75) is 20.0 Å². The van der Waals surface area contributed by atoms with Gasteiger partial charge in [0.1, 0.15) is 0 Å². The second-order valence-electron chi connectivity index (χ2n) is 4.49. The molecule has 0 aromatic carbocycles. The average molecular weight is 335 g/mol. The third-order valence-electron chi connectivity index (χ3n) is 2.84. The summed E-state index contributed by atoms with van der Waals surface area (Å²) in [4.78, 5) is 25.9. The maximum Gasteiger partial charge on any atom is 0.340 e. The van der Waals surface area contributed by atoms with Gasteiger partial charge in [0.05, 0.1) is 5.57 Å². The minimum atomic E-state index is -0.820. The van der Waals surface area contributed by atoms with Crippen molar-refractivity contribution in [2.75, 3.05) is 6.54 Å². The molecule has 0 spiro atoms. The van der Waals surface area contributed by atoms with Crippen molar-refractivity contribution >= 4 is 46.2 Å². The molecule has 2 heterocycles. The van der Waals surface area contributed by atoms with Gasteiger partial charge in [-0.25, -0.2) is 4.79 Å². The van der Waals surface area contributed by atoms with Crippen molar-refractivity contribution in [1.29, 1.82) is 0 Å². The lowest BCUT2D eigenvalue weighted by molar-refractivity contribution is -0.149. The first kappa shape index (κ1) is 16.5. The van der Waals surface area contributed by atoms with Crippen molar-refractivity contribution < 1.29 is 14.3 Å². The van der Waals surface area contributed by atoms with Crippen LogP contribution >= 0.6 is 22.7 Å². The molecule has 6 heteroatoms. The van der Waals surface area contributed by atoms with E-state index in [0.29, 0.717) is 12.1 Å². The maximum absolute atomic E-state index is 12.4. The lowest BCUT2D eigenvalue weighted by Gasteiger charge is -2.13. The fraction of sp³-hybridized carbons (Fsp3) is 0.250. The summed E-state index contributed by atoms with van der Waals surface area (Å²) < 4.78 is 5.29. The van der Waals surface area contributed by atoms with Crippen LogP contribution in [0.4, 0.5) is 0 Å². The highest BCUT2D eigenvalue weighted by molar-refractivity contribution is 7.12. The SMILES string of the molecule is CCNC(=O)[C@@H](C)OC(=O)/C(=C/c1cccs1)c1cccs1. The van der Waals surface area contributed by atoms with Crippen LogP contribution < -0.4 is 5.32 Å². The van der Waals surface area contributed by atoms with E-state index in [4.69, 9.17) is 4.74 Å². The second-order valence-corrected chi connectivity index (χ2v) is 6.42. The molecule has 0 aliphatic carbocycles. The van der Waals surface area contributed by atoms with Gasteiger partial charge in [0.25, 0.3) is 5.91 Å². The molecule has 0 unspecified atom stereocenters. The molecular weight excluding hydrogens is 318 g/mol. The third kappa shape index (κ3) is 4.29. The number of ether oxygens (including phenoxy) is 1. The van der Waals surface area contributed by atoms with Crippen molar-refractivity contribution in [3.05, 3.63) is 44.8 Å². The first-order chi connectivity index (χ1) is 10.6. The lowest BCUT2D eigenvalue weighted by Crippen LogP contribution is -2.35. The zero-order valence-corrected chi connectivity index (χ0v) is 14.0. The highest BCUT2D eigenvalue weighted by atomic mass is 32.1. The van der Waals surface area contributed by atoms with Crippen molar-refractivity contribution in [1.82, 2.24) is 5.32 Å². The number of thiophene rings is 2. The minimum absolute atomic E-state index is 0.294. The summed E-state index contributed by atoms with van der Waals surface area (Å²) in [6.45, 7) is 3.89. The molecule has 0 fully saturated rings. The quantitative estimate of drug-likeness (QED) is 0.650. The number of amides is 1. The van der Waals surface area contributed by atoms with Gasteiger partial charge in [0, 0.05) is 16.3 Å². The Bertz CT molecular complexity index is 645. The Balaban J connectivity index is 2.19. The number of hydrogen-bond acceptors (Lipinski definition) is 5. The second kappa shape index (κ2) is 7.91. The number of nitrogens with one attached hydrogen (secondary N) is 1. The summed E-state index contributed by atoms with van der Waals surface area (Å²) in [7, 11) is 0. The summed E-state index contributed by atoms with van der Waals surface area (Å²) in [5.41, 5.74) is 0.466. The van der Waals surface area contributed by atoms with E-state index in [1.54, 1.807) is 24.3 Å². The van der Waals surface area contributed by atoms with Gasteiger partial charge in [-0.3, -0.25) is 4.79 Å². The van der Waals surface area contributed by atoms with E-state index in [9.17, 15) is 9.59 Å². The highest BCUT2D eigenvalue weighted by Gasteiger charge is 2.21. The van der Waals surface area contributed by atoms with E-state index in [-0.39, 0.29) is 5.91 Å². The maximum atomic E-state index is 12.4. The monoisotopic (exact) mass is 335 g/mol. The van der Waals surface area contributed by atoms with Gasteiger partial charge in [-0.1, -0.05) is 12.1 Å². The molecule has 2 aromatic heterocycles. The Labute approximate surface area is 137 Å². The molecule has 1 N–H and O–H groups in total. The molecule has 0 aliphatic heterocycles. The molecule has 4 nitrogen and oxygen atoms in total. The van der Waals surface area contributed by atoms with Crippen LogP contribution in [0.15, 0.2) is 35.0 Å². The van der Waals surface area contributed by atoms with Crippen molar-refractivity contribution in [3.63, 3.8) is 0 Å². The average Bonchev–Trinajstić information content (AvgIpc) is 3.18. The number of esters is 1. The van der Waals surface area contributed by atoms with Gasteiger partial charge in [-0.15, -0.1) is 22.7 Å². The molecule has 0 bridgehead atoms. The van der Waals surface area contributed by atoms with Crippen LogP contribution in [0, 0.1) is 0 Å². The van der Waals surface area contributed by atoms with E-state index in [1.807, 2.05) is 41.9 Å². The highest BCUT2D eigenvalue weighted by Crippen LogP contribution is 2.26. The van der Waals surface area contributed by atoms with Crippen LogP contribution in [0.3, 0.4) is 0 Å². The predicted molar refractivity (Wildman–Crippen MR) is 90.7 cm³/mol. The molecule has 2 aromatic rings. The van der Waals surface area contributed by atoms with Crippen LogP contribution in [0.1, 0.15) is 23.6 Å². The van der Waals surface area contributed by atoms with E-state index < -0.39 is 12.1 Å². The van der Waals surface area contributed by atoms with E-state index in [1.165, 1.54) is 11.3 Å². The van der Waals surface area contributed by atoms with Crippen molar-refractivity contribution in [2.24, 2.45) is 0 Å². The lowest BCUT2D eigenvalue weighted by atomic mass is 10.2. The smallest absolute Gasteiger partial charge is 0.340 e. The van der Waals surface area contributed by atoms with Crippen LogP contribution in [0.2, 0.25) is 0 Å². The Morgan fingerprint density at radius 2 is 2.00 bits per heavy atom. The first-order valence-electron chi connectivity index (χ1n) is 6.89.